The van der Waals surface area contributed by atoms with E-state index in [1.807, 2.05) is 19.9 Å². The van der Waals surface area contributed by atoms with Crippen molar-refractivity contribution in [3.05, 3.63) is 39.2 Å². The maximum absolute atomic E-state index is 11.6. The van der Waals surface area contributed by atoms with Crippen molar-refractivity contribution in [2.45, 2.75) is 46.1 Å². The average molecular weight is 302 g/mol. The van der Waals surface area contributed by atoms with Crippen molar-refractivity contribution in [1.82, 2.24) is 0 Å². The van der Waals surface area contributed by atoms with E-state index in [2.05, 4.69) is 0 Å². The van der Waals surface area contributed by atoms with E-state index in [1.54, 1.807) is 0 Å². The topological polar surface area (TPSA) is 54.9 Å². The minimum atomic E-state index is -0.349. The molecule has 22 heavy (non-hydrogen) atoms. The van der Waals surface area contributed by atoms with Gasteiger partial charge in [-0.1, -0.05) is 6.92 Å². The standard InChI is InChI=1S/C18H23NO3/c1-3-13-10-16(20)22-15-9-12(2)14(18(21)17(13)15)11-19-7-5-4-6-8-19/h9-10,21H,3-8,11H2,1-2H3/p+1. The predicted molar refractivity (Wildman–Crippen MR) is 86.5 cm³/mol. The molecule has 2 heterocycles. The number of likely N-dealkylation sites (tertiary alicyclic amines) is 1. The Morgan fingerprint density at radius 3 is 2.64 bits per heavy atom. The van der Waals surface area contributed by atoms with Gasteiger partial charge >= 0.3 is 5.63 Å². The first-order valence-corrected chi connectivity index (χ1v) is 8.22. The van der Waals surface area contributed by atoms with Crippen molar-refractivity contribution in [3.63, 3.8) is 0 Å². The molecule has 4 nitrogen and oxygen atoms in total. The highest BCUT2D eigenvalue weighted by atomic mass is 16.4. The summed E-state index contributed by atoms with van der Waals surface area (Å²) in [6, 6.07) is 3.39. The first-order chi connectivity index (χ1) is 10.6. The molecule has 1 saturated heterocycles. The Balaban J connectivity index is 2.10. The average Bonchev–Trinajstić information content (AvgIpc) is 2.51. The number of quaternary nitrogens is 1. The molecule has 1 aliphatic rings. The van der Waals surface area contributed by atoms with E-state index in [9.17, 15) is 9.90 Å². The van der Waals surface area contributed by atoms with Crippen LogP contribution in [0.15, 0.2) is 21.3 Å². The molecule has 2 aromatic rings. The second-order valence-electron chi connectivity index (χ2n) is 6.33. The SMILES string of the molecule is CCc1cc(=O)oc2cc(C)c(C[NH+]3CCCCC3)c(O)c12. The fourth-order valence-corrected chi connectivity index (χ4v) is 3.53. The van der Waals surface area contributed by atoms with Crippen LogP contribution < -0.4 is 10.5 Å². The zero-order valence-electron chi connectivity index (χ0n) is 13.4. The first-order valence-electron chi connectivity index (χ1n) is 8.22. The van der Waals surface area contributed by atoms with Crippen LogP contribution in [0.25, 0.3) is 11.0 Å². The molecular formula is C18H24NO3+. The summed E-state index contributed by atoms with van der Waals surface area (Å²) in [4.78, 5) is 13.2. The van der Waals surface area contributed by atoms with Crippen LogP contribution in [0.3, 0.4) is 0 Å². The molecule has 0 saturated carbocycles. The number of hydrogen-bond donors (Lipinski definition) is 2. The summed E-state index contributed by atoms with van der Waals surface area (Å²) in [6.45, 7) is 7.15. The van der Waals surface area contributed by atoms with Crippen molar-refractivity contribution >= 4 is 11.0 Å². The monoisotopic (exact) mass is 302 g/mol. The molecule has 2 N–H and O–H groups in total. The van der Waals surface area contributed by atoms with Gasteiger partial charge in [-0.3, -0.25) is 0 Å². The van der Waals surface area contributed by atoms with Crippen LogP contribution in [0.5, 0.6) is 5.75 Å². The van der Waals surface area contributed by atoms with E-state index in [1.165, 1.54) is 43.3 Å². The number of nitrogens with one attached hydrogen (secondary N) is 1. The Morgan fingerprint density at radius 2 is 1.95 bits per heavy atom. The van der Waals surface area contributed by atoms with Gasteiger partial charge < -0.3 is 14.4 Å². The van der Waals surface area contributed by atoms with Crippen LogP contribution in [0, 0.1) is 6.92 Å². The zero-order valence-corrected chi connectivity index (χ0v) is 13.4. The molecule has 0 atom stereocenters. The maximum atomic E-state index is 11.6. The summed E-state index contributed by atoms with van der Waals surface area (Å²) < 4.78 is 5.29. The highest BCUT2D eigenvalue weighted by molar-refractivity contribution is 5.88. The number of hydrogen-bond acceptors (Lipinski definition) is 3. The summed E-state index contributed by atoms with van der Waals surface area (Å²) in [5, 5.41) is 11.5. The van der Waals surface area contributed by atoms with Crippen molar-refractivity contribution in [3.8, 4) is 5.75 Å². The normalized spacial score (nSPS) is 16.3. The van der Waals surface area contributed by atoms with Crippen LogP contribution in [0.4, 0.5) is 0 Å². The van der Waals surface area contributed by atoms with Gasteiger partial charge in [-0.05, 0) is 49.8 Å². The van der Waals surface area contributed by atoms with Gasteiger partial charge in [-0.25, -0.2) is 4.79 Å². The second-order valence-corrected chi connectivity index (χ2v) is 6.33. The van der Waals surface area contributed by atoms with Crippen LogP contribution in [-0.4, -0.2) is 18.2 Å². The van der Waals surface area contributed by atoms with E-state index in [4.69, 9.17) is 4.42 Å². The second kappa shape index (κ2) is 6.13. The van der Waals surface area contributed by atoms with Crippen LogP contribution in [-0.2, 0) is 13.0 Å². The third-order valence-electron chi connectivity index (χ3n) is 4.78. The third kappa shape index (κ3) is 2.75. The summed E-state index contributed by atoms with van der Waals surface area (Å²) in [5.41, 5.74) is 3.00. The number of aryl methyl sites for hydroxylation is 2. The molecule has 0 amide bonds. The summed E-state index contributed by atoms with van der Waals surface area (Å²) in [6.07, 6.45) is 4.54. The quantitative estimate of drug-likeness (QED) is 0.852. The van der Waals surface area contributed by atoms with Gasteiger partial charge in [0.2, 0.25) is 0 Å². The molecule has 4 heteroatoms. The zero-order chi connectivity index (χ0) is 15.7. The van der Waals surface area contributed by atoms with Crippen LogP contribution >= 0.6 is 0 Å². The Morgan fingerprint density at radius 1 is 1.23 bits per heavy atom. The molecule has 0 unspecified atom stereocenters. The number of phenolic OH excluding ortho intramolecular Hbond substituents is 1. The maximum Gasteiger partial charge on any atom is 0.336 e. The molecule has 1 fully saturated rings. The van der Waals surface area contributed by atoms with Crippen molar-refractivity contribution in [2.75, 3.05) is 13.1 Å². The van der Waals surface area contributed by atoms with E-state index in [-0.39, 0.29) is 5.63 Å². The van der Waals surface area contributed by atoms with E-state index >= 15 is 0 Å². The van der Waals surface area contributed by atoms with Crippen molar-refractivity contribution in [1.29, 1.82) is 0 Å². The molecule has 118 valence electrons. The number of aromatic hydroxyl groups is 1. The highest BCUT2D eigenvalue weighted by Crippen LogP contribution is 2.33. The summed E-state index contributed by atoms with van der Waals surface area (Å²) >= 11 is 0. The Kier molecular flexibility index (Phi) is 4.21. The fraction of sp³-hybridized carbons (Fsp3) is 0.500. The third-order valence-corrected chi connectivity index (χ3v) is 4.78. The van der Waals surface area contributed by atoms with Gasteiger partial charge in [-0.15, -0.1) is 0 Å². The lowest BCUT2D eigenvalue weighted by atomic mass is 9.98. The Bertz CT molecular complexity index is 742. The van der Waals surface area contributed by atoms with E-state index in [0.717, 1.165) is 23.2 Å². The molecule has 0 spiro atoms. The summed E-state index contributed by atoms with van der Waals surface area (Å²) in [5.74, 6) is 0.300. The molecule has 0 radical (unpaired) electrons. The number of phenols is 1. The fourth-order valence-electron chi connectivity index (χ4n) is 3.53. The Hall–Kier alpha value is -1.81. The molecule has 0 bridgehead atoms. The lowest BCUT2D eigenvalue weighted by Crippen LogP contribution is -3.11. The van der Waals surface area contributed by atoms with Crippen LogP contribution in [0.1, 0.15) is 42.9 Å². The number of fused-ring (bicyclic) bond motifs is 1. The first kappa shape index (κ1) is 15.1. The van der Waals surface area contributed by atoms with Gasteiger partial charge in [0.15, 0.2) is 0 Å². The lowest BCUT2D eigenvalue weighted by Gasteiger charge is -2.25. The van der Waals surface area contributed by atoms with E-state index in [0.29, 0.717) is 23.1 Å². The molecule has 0 aliphatic carbocycles. The molecular weight excluding hydrogens is 278 g/mol. The van der Waals surface area contributed by atoms with Crippen molar-refractivity contribution in [2.24, 2.45) is 0 Å². The van der Waals surface area contributed by atoms with Gasteiger partial charge in [-0.2, -0.15) is 0 Å². The van der Waals surface area contributed by atoms with Gasteiger partial charge in [0.05, 0.1) is 24.0 Å². The Labute approximate surface area is 130 Å². The minimum Gasteiger partial charge on any atom is -0.507 e. The van der Waals surface area contributed by atoms with Gasteiger partial charge in [0.1, 0.15) is 17.9 Å². The molecule has 1 aromatic carbocycles. The highest BCUT2D eigenvalue weighted by Gasteiger charge is 2.21. The minimum absolute atomic E-state index is 0.300. The molecule has 1 aromatic heterocycles. The van der Waals surface area contributed by atoms with Gasteiger partial charge in [0, 0.05) is 6.07 Å². The number of benzene rings is 1. The smallest absolute Gasteiger partial charge is 0.336 e. The molecule has 1 aliphatic heterocycles. The lowest BCUT2D eigenvalue weighted by molar-refractivity contribution is -0.918. The predicted octanol–water partition coefficient (Wildman–Crippen LogP) is 1.94. The number of piperidine rings is 1. The largest absolute Gasteiger partial charge is 0.507 e. The van der Waals surface area contributed by atoms with E-state index < -0.39 is 0 Å². The molecule has 3 rings (SSSR count). The van der Waals surface area contributed by atoms with Crippen LogP contribution in [0.2, 0.25) is 0 Å². The van der Waals surface area contributed by atoms with Gasteiger partial charge in [0.25, 0.3) is 0 Å². The summed E-state index contributed by atoms with van der Waals surface area (Å²) in [7, 11) is 0. The van der Waals surface area contributed by atoms with Crippen molar-refractivity contribution < 1.29 is 14.4 Å². The number of rotatable bonds is 3.